The van der Waals surface area contributed by atoms with E-state index >= 15 is 0 Å². The number of aliphatic hydroxyl groups is 1. The zero-order valence-corrected chi connectivity index (χ0v) is 17.4. The summed E-state index contributed by atoms with van der Waals surface area (Å²) in [6, 6.07) is 15.7. The molecular weight excluding hydrogens is 404 g/mol. The largest absolute Gasteiger partial charge is 0.387 e. The molecule has 30 heavy (non-hydrogen) atoms. The number of benzene rings is 2. The summed E-state index contributed by atoms with van der Waals surface area (Å²) in [5, 5.41) is 16.7. The summed E-state index contributed by atoms with van der Waals surface area (Å²) in [5.74, 6) is -0.549. The molecular formula is C22H23ClN4O3. The monoisotopic (exact) mass is 426 g/mol. The molecule has 3 aromatic rings. The molecule has 0 aliphatic carbocycles. The van der Waals surface area contributed by atoms with Crippen LogP contribution in [-0.4, -0.2) is 36.6 Å². The maximum Gasteiger partial charge on any atom is 0.263 e. The third-order valence-corrected chi connectivity index (χ3v) is 4.76. The Morgan fingerprint density at radius 1 is 1.17 bits per heavy atom. The van der Waals surface area contributed by atoms with Crippen LogP contribution in [0.1, 0.15) is 22.0 Å². The van der Waals surface area contributed by atoms with Crippen LogP contribution in [0.5, 0.6) is 0 Å². The van der Waals surface area contributed by atoms with Gasteiger partial charge in [-0.15, -0.1) is 0 Å². The number of rotatable bonds is 7. The predicted molar refractivity (Wildman–Crippen MR) is 121 cm³/mol. The van der Waals surface area contributed by atoms with E-state index in [1.807, 2.05) is 37.2 Å². The summed E-state index contributed by atoms with van der Waals surface area (Å²) < 4.78 is 0. The van der Waals surface area contributed by atoms with Gasteiger partial charge in [0.05, 0.1) is 11.8 Å². The number of halogens is 1. The molecule has 0 bridgehead atoms. The lowest BCUT2D eigenvalue weighted by molar-refractivity contribution is 0.102. The van der Waals surface area contributed by atoms with E-state index < -0.39 is 17.6 Å². The molecule has 7 nitrogen and oxygen atoms in total. The number of nitrogens with zero attached hydrogens (tertiary/aromatic N) is 1. The molecule has 0 saturated carbocycles. The highest BCUT2D eigenvalue weighted by atomic mass is 35.5. The Labute approximate surface area is 179 Å². The van der Waals surface area contributed by atoms with Crippen LogP contribution in [0.15, 0.2) is 65.6 Å². The number of carbonyl (C=O) groups excluding carboxylic acids is 1. The minimum atomic E-state index is -0.865. The first kappa shape index (κ1) is 21.4. The molecule has 0 fully saturated rings. The Morgan fingerprint density at radius 3 is 2.67 bits per heavy atom. The molecule has 156 valence electrons. The van der Waals surface area contributed by atoms with Gasteiger partial charge in [-0.2, -0.15) is 0 Å². The fraction of sp³-hybridized carbons (Fsp3) is 0.182. The number of hydrogen-bond acceptors (Lipinski definition) is 5. The van der Waals surface area contributed by atoms with Crippen molar-refractivity contribution in [3.8, 4) is 0 Å². The molecule has 0 saturated heterocycles. The third kappa shape index (κ3) is 5.20. The molecule has 1 heterocycles. The Hall–Kier alpha value is -3.29. The van der Waals surface area contributed by atoms with E-state index in [2.05, 4.69) is 15.6 Å². The number of nitrogens with one attached hydrogen (secondary N) is 3. The molecule has 3 rings (SSSR count). The summed E-state index contributed by atoms with van der Waals surface area (Å²) in [4.78, 5) is 29.6. The van der Waals surface area contributed by atoms with Crippen molar-refractivity contribution in [2.75, 3.05) is 36.2 Å². The van der Waals surface area contributed by atoms with Crippen molar-refractivity contribution in [3.05, 3.63) is 87.3 Å². The maximum atomic E-state index is 12.8. The molecule has 0 unspecified atom stereocenters. The molecule has 0 aliphatic heterocycles. The van der Waals surface area contributed by atoms with Crippen LogP contribution in [0.25, 0.3) is 0 Å². The zero-order chi connectivity index (χ0) is 21.7. The van der Waals surface area contributed by atoms with Crippen LogP contribution >= 0.6 is 11.6 Å². The number of aliphatic hydroxyl groups excluding tert-OH is 1. The Balaban J connectivity index is 1.78. The topological polar surface area (TPSA) is 97.5 Å². The summed E-state index contributed by atoms with van der Waals surface area (Å²) >= 11 is 5.97. The van der Waals surface area contributed by atoms with Crippen LogP contribution in [0.3, 0.4) is 0 Å². The lowest BCUT2D eigenvalue weighted by Crippen LogP contribution is -2.26. The second kappa shape index (κ2) is 9.47. The quantitative estimate of drug-likeness (QED) is 0.463. The number of pyridine rings is 1. The Kier molecular flexibility index (Phi) is 6.76. The Morgan fingerprint density at radius 2 is 1.93 bits per heavy atom. The lowest BCUT2D eigenvalue weighted by atomic mass is 10.1. The zero-order valence-electron chi connectivity index (χ0n) is 16.6. The molecule has 0 spiro atoms. The van der Waals surface area contributed by atoms with E-state index in [0.717, 1.165) is 5.69 Å². The number of amides is 1. The fourth-order valence-corrected chi connectivity index (χ4v) is 3.14. The van der Waals surface area contributed by atoms with Crippen molar-refractivity contribution in [2.24, 2.45) is 0 Å². The summed E-state index contributed by atoms with van der Waals surface area (Å²) in [6.07, 6.45) is 0.579. The van der Waals surface area contributed by atoms with Crippen LogP contribution < -0.4 is 21.1 Å². The predicted octanol–water partition coefficient (Wildman–Crippen LogP) is 3.49. The second-order valence-electron chi connectivity index (χ2n) is 6.95. The van der Waals surface area contributed by atoms with Gasteiger partial charge < -0.3 is 25.6 Å². The SMILES string of the molecule is CN(C)c1cccc(NC(=O)c2c(NC[C@@H](O)c3cccc(Cl)c3)cc[nH]c2=O)c1. The molecule has 1 amide bonds. The normalized spacial score (nSPS) is 11.6. The molecule has 8 heteroatoms. The first-order valence-electron chi connectivity index (χ1n) is 9.33. The molecule has 0 radical (unpaired) electrons. The van der Waals surface area contributed by atoms with Gasteiger partial charge in [0.25, 0.3) is 11.5 Å². The van der Waals surface area contributed by atoms with Crippen LogP contribution in [-0.2, 0) is 0 Å². The van der Waals surface area contributed by atoms with E-state index in [1.54, 1.807) is 36.4 Å². The molecule has 4 N–H and O–H groups in total. The first-order valence-corrected chi connectivity index (χ1v) is 9.71. The van der Waals surface area contributed by atoms with Gasteiger partial charge in [0.1, 0.15) is 5.56 Å². The van der Waals surface area contributed by atoms with E-state index in [1.165, 1.54) is 6.20 Å². The summed E-state index contributed by atoms with van der Waals surface area (Å²) in [5.41, 5.74) is 1.84. The third-order valence-electron chi connectivity index (χ3n) is 4.53. The maximum absolute atomic E-state index is 12.8. The molecule has 1 aromatic heterocycles. The number of aromatic amines is 1. The van der Waals surface area contributed by atoms with E-state index in [4.69, 9.17) is 11.6 Å². The van der Waals surface area contributed by atoms with Crippen LogP contribution in [0.2, 0.25) is 5.02 Å². The van der Waals surface area contributed by atoms with Gasteiger partial charge in [0.15, 0.2) is 0 Å². The second-order valence-corrected chi connectivity index (χ2v) is 7.38. The van der Waals surface area contributed by atoms with Gasteiger partial charge in [-0.3, -0.25) is 9.59 Å². The highest BCUT2D eigenvalue weighted by Gasteiger charge is 2.18. The van der Waals surface area contributed by atoms with E-state index in [-0.39, 0.29) is 12.1 Å². The molecule has 0 aliphatic rings. The highest BCUT2D eigenvalue weighted by molar-refractivity contribution is 6.30. The Bertz CT molecular complexity index is 1100. The summed E-state index contributed by atoms with van der Waals surface area (Å²) in [7, 11) is 3.80. The lowest BCUT2D eigenvalue weighted by Gasteiger charge is -2.16. The number of H-pyrrole nitrogens is 1. The van der Waals surface area contributed by atoms with Gasteiger partial charge in [0.2, 0.25) is 0 Å². The highest BCUT2D eigenvalue weighted by Crippen LogP contribution is 2.21. The first-order chi connectivity index (χ1) is 14.3. The van der Waals surface area contributed by atoms with Gasteiger partial charge in [-0.1, -0.05) is 29.8 Å². The van der Waals surface area contributed by atoms with Gasteiger partial charge >= 0.3 is 0 Å². The standard InChI is InChI=1S/C22H23ClN4O3/c1-27(2)17-8-4-7-16(12-17)26-22(30)20-18(9-10-24-21(20)29)25-13-19(28)14-5-3-6-15(23)11-14/h3-12,19,28H,13H2,1-2H3,(H,26,30)(H2,24,25,29)/t19-/m1/s1. The van der Waals surface area contributed by atoms with Gasteiger partial charge in [-0.25, -0.2) is 0 Å². The molecule has 1 atom stereocenters. The number of aromatic nitrogens is 1. The minimum absolute atomic E-state index is 0.0638. The van der Waals surface area contributed by atoms with Crippen molar-refractivity contribution in [1.82, 2.24) is 4.98 Å². The van der Waals surface area contributed by atoms with Crippen molar-refractivity contribution in [3.63, 3.8) is 0 Å². The van der Waals surface area contributed by atoms with Gasteiger partial charge in [0, 0.05) is 43.2 Å². The number of hydrogen-bond donors (Lipinski definition) is 4. The number of anilines is 3. The van der Waals surface area contributed by atoms with Gasteiger partial charge in [-0.05, 0) is 42.0 Å². The van der Waals surface area contributed by atoms with Crippen molar-refractivity contribution in [1.29, 1.82) is 0 Å². The van der Waals surface area contributed by atoms with Crippen LogP contribution in [0.4, 0.5) is 17.1 Å². The average Bonchev–Trinajstić information content (AvgIpc) is 2.72. The minimum Gasteiger partial charge on any atom is -0.387 e. The van der Waals surface area contributed by atoms with Crippen molar-refractivity contribution < 1.29 is 9.90 Å². The van der Waals surface area contributed by atoms with E-state index in [9.17, 15) is 14.7 Å². The van der Waals surface area contributed by atoms with E-state index in [0.29, 0.717) is 22.0 Å². The van der Waals surface area contributed by atoms with Crippen LogP contribution in [0, 0.1) is 0 Å². The fourth-order valence-electron chi connectivity index (χ4n) is 2.95. The average molecular weight is 427 g/mol. The number of carbonyl (C=O) groups is 1. The van der Waals surface area contributed by atoms with Crippen molar-refractivity contribution in [2.45, 2.75) is 6.10 Å². The molecule has 2 aromatic carbocycles. The van der Waals surface area contributed by atoms with Crippen molar-refractivity contribution >= 4 is 34.6 Å². The summed E-state index contributed by atoms with van der Waals surface area (Å²) in [6.45, 7) is 0.0974. The smallest absolute Gasteiger partial charge is 0.263 e.